The van der Waals surface area contributed by atoms with E-state index in [-0.39, 0.29) is 12.4 Å². The fourth-order valence-corrected chi connectivity index (χ4v) is 2.23. The maximum Gasteiger partial charge on any atom is 0.171 e. The Labute approximate surface area is 97.4 Å². The number of ketones is 1. The first kappa shape index (κ1) is 10.8. The minimum absolute atomic E-state index is 0.0259. The summed E-state index contributed by atoms with van der Waals surface area (Å²) in [5.41, 5.74) is 0.223. The van der Waals surface area contributed by atoms with Gasteiger partial charge in [0.1, 0.15) is 0 Å². The van der Waals surface area contributed by atoms with Crippen LogP contribution in [-0.4, -0.2) is 17.5 Å². The Morgan fingerprint density at radius 3 is 2.33 bits per heavy atom. The van der Waals surface area contributed by atoms with Gasteiger partial charge in [-0.05, 0) is 25.0 Å². The number of carbonyl (C=O) groups excluding carboxylic acids is 1. The minimum atomic E-state index is -0.478. The Balaban J connectivity index is 2.24. The summed E-state index contributed by atoms with van der Waals surface area (Å²) >= 11 is 3.33. The van der Waals surface area contributed by atoms with Crippen LogP contribution in [0.2, 0.25) is 0 Å². The Hall–Kier alpha value is -0.670. The molecule has 0 bridgehead atoms. The zero-order valence-electron chi connectivity index (χ0n) is 8.37. The predicted molar refractivity (Wildman–Crippen MR) is 61.8 cm³/mol. The van der Waals surface area contributed by atoms with E-state index in [1.807, 2.05) is 24.3 Å². The highest BCUT2D eigenvalue weighted by Gasteiger charge is 2.43. The van der Waals surface area contributed by atoms with Crippen LogP contribution >= 0.6 is 15.9 Å². The highest BCUT2D eigenvalue weighted by Crippen LogP contribution is 2.43. The molecule has 1 aromatic rings. The van der Waals surface area contributed by atoms with Crippen LogP contribution in [0, 0.1) is 5.41 Å². The molecule has 15 heavy (non-hydrogen) atoms. The van der Waals surface area contributed by atoms with Gasteiger partial charge in [0.25, 0.3) is 0 Å². The Morgan fingerprint density at radius 2 is 1.93 bits per heavy atom. The molecular formula is C12H13BrO2. The Morgan fingerprint density at radius 1 is 1.33 bits per heavy atom. The molecule has 1 aliphatic rings. The summed E-state index contributed by atoms with van der Waals surface area (Å²) < 4.78 is 0.964. The Bertz CT molecular complexity index is 360. The van der Waals surface area contributed by atoms with Crippen LogP contribution in [0.4, 0.5) is 0 Å². The lowest BCUT2D eigenvalue weighted by atomic mass is 9.65. The lowest BCUT2D eigenvalue weighted by molar-refractivity contribution is 0.0348. The molecule has 0 radical (unpaired) electrons. The van der Waals surface area contributed by atoms with Crippen molar-refractivity contribution in [1.29, 1.82) is 0 Å². The summed E-state index contributed by atoms with van der Waals surface area (Å²) in [5.74, 6) is 0.0868. The summed E-state index contributed by atoms with van der Waals surface area (Å²) in [6.45, 7) is -0.0259. The van der Waals surface area contributed by atoms with Crippen LogP contribution in [-0.2, 0) is 0 Å². The monoisotopic (exact) mass is 268 g/mol. The van der Waals surface area contributed by atoms with Gasteiger partial charge in [0.05, 0.1) is 12.0 Å². The van der Waals surface area contributed by atoms with E-state index in [0.717, 1.165) is 23.7 Å². The number of rotatable bonds is 3. The number of hydrogen-bond acceptors (Lipinski definition) is 2. The van der Waals surface area contributed by atoms with Crippen LogP contribution in [0.1, 0.15) is 29.6 Å². The van der Waals surface area contributed by atoms with Crippen molar-refractivity contribution in [3.05, 3.63) is 34.3 Å². The lowest BCUT2D eigenvalue weighted by Crippen LogP contribution is -2.41. The first-order valence-electron chi connectivity index (χ1n) is 5.09. The molecule has 0 spiro atoms. The predicted octanol–water partition coefficient (Wildman–Crippen LogP) is 2.79. The van der Waals surface area contributed by atoms with Crippen molar-refractivity contribution in [2.45, 2.75) is 19.3 Å². The third-order valence-electron chi connectivity index (χ3n) is 3.20. The average Bonchev–Trinajstić information content (AvgIpc) is 2.18. The van der Waals surface area contributed by atoms with Crippen molar-refractivity contribution in [1.82, 2.24) is 0 Å². The van der Waals surface area contributed by atoms with Crippen molar-refractivity contribution in [3.8, 4) is 0 Å². The third-order valence-corrected chi connectivity index (χ3v) is 3.73. The van der Waals surface area contributed by atoms with Gasteiger partial charge >= 0.3 is 0 Å². The first-order chi connectivity index (χ1) is 7.18. The summed E-state index contributed by atoms with van der Waals surface area (Å²) in [4.78, 5) is 12.1. The van der Waals surface area contributed by atoms with Gasteiger partial charge in [0, 0.05) is 10.0 Å². The molecule has 0 heterocycles. The molecule has 80 valence electrons. The molecule has 1 fully saturated rings. The second kappa shape index (κ2) is 4.06. The second-order valence-electron chi connectivity index (χ2n) is 4.13. The number of Topliss-reactive ketones (excluding diaryl/α,β-unsaturated/α-hetero) is 1. The second-order valence-corrected chi connectivity index (χ2v) is 5.04. The largest absolute Gasteiger partial charge is 0.395 e. The van der Waals surface area contributed by atoms with E-state index in [0.29, 0.717) is 5.56 Å². The number of aliphatic hydroxyl groups excluding tert-OH is 1. The van der Waals surface area contributed by atoms with E-state index in [1.165, 1.54) is 0 Å². The molecule has 0 unspecified atom stereocenters. The average molecular weight is 269 g/mol. The molecule has 2 nitrogen and oxygen atoms in total. The van der Waals surface area contributed by atoms with E-state index in [2.05, 4.69) is 15.9 Å². The number of hydrogen-bond donors (Lipinski definition) is 1. The standard InChI is InChI=1S/C12H13BrO2/c13-10-4-2-9(3-5-10)11(15)12(8-14)6-1-7-12/h2-5,14H,1,6-8H2. The van der Waals surface area contributed by atoms with Gasteiger partial charge in [-0.1, -0.05) is 34.5 Å². The van der Waals surface area contributed by atoms with Gasteiger partial charge < -0.3 is 5.11 Å². The molecule has 1 aromatic carbocycles. The fraction of sp³-hybridized carbons (Fsp3) is 0.417. The lowest BCUT2D eigenvalue weighted by Gasteiger charge is -2.38. The van der Waals surface area contributed by atoms with Gasteiger partial charge in [-0.15, -0.1) is 0 Å². The topological polar surface area (TPSA) is 37.3 Å². The maximum atomic E-state index is 12.1. The van der Waals surface area contributed by atoms with Gasteiger partial charge in [0.15, 0.2) is 5.78 Å². The molecule has 1 saturated carbocycles. The molecule has 0 aromatic heterocycles. The molecule has 0 amide bonds. The number of benzene rings is 1. The zero-order chi connectivity index (χ0) is 10.9. The number of aliphatic hydroxyl groups is 1. The summed E-state index contributed by atoms with van der Waals surface area (Å²) in [7, 11) is 0. The minimum Gasteiger partial charge on any atom is -0.395 e. The molecule has 2 rings (SSSR count). The Kier molecular flexibility index (Phi) is 2.94. The normalized spacial score (nSPS) is 18.3. The quantitative estimate of drug-likeness (QED) is 0.857. The van der Waals surface area contributed by atoms with Gasteiger partial charge in [-0.25, -0.2) is 0 Å². The molecule has 0 atom stereocenters. The fourth-order valence-electron chi connectivity index (χ4n) is 1.97. The van der Waals surface area contributed by atoms with Gasteiger partial charge in [-0.2, -0.15) is 0 Å². The van der Waals surface area contributed by atoms with Crippen LogP contribution in [0.15, 0.2) is 28.7 Å². The summed E-state index contributed by atoms with van der Waals surface area (Å²) in [6, 6.07) is 7.33. The number of halogens is 1. The van der Waals surface area contributed by atoms with Crippen molar-refractivity contribution >= 4 is 21.7 Å². The van der Waals surface area contributed by atoms with Crippen molar-refractivity contribution in [3.63, 3.8) is 0 Å². The maximum absolute atomic E-state index is 12.1. The SMILES string of the molecule is O=C(c1ccc(Br)cc1)C1(CO)CCC1. The van der Waals surface area contributed by atoms with Crippen LogP contribution in [0.5, 0.6) is 0 Å². The van der Waals surface area contributed by atoms with Crippen LogP contribution in [0.25, 0.3) is 0 Å². The van der Waals surface area contributed by atoms with Gasteiger partial charge in [0.2, 0.25) is 0 Å². The van der Waals surface area contributed by atoms with Crippen molar-refractivity contribution in [2.24, 2.45) is 5.41 Å². The van der Waals surface area contributed by atoms with Gasteiger partial charge in [-0.3, -0.25) is 4.79 Å². The highest BCUT2D eigenvalue weighted by atomic mass is 79.9. The molecular weight excluding hydrogens is 256 g/mol. The zero-order valence-corrected chi connectivity index (χ0v) is 9.96. The molecule has 0 saturated heterocycles. The smallest absolute Gasteiger partial charge is 0.171 e. The molecule has 1 N–H and O–H groups in total. The molecule has 0 aliphatic heterocycles. The third kappa shape index (κ3) is 1.86. The van der Waals surface area contributed by atoms with Crippen molar-refractivity contribution in [2.75, 3.05) is 6.61 Å². The first-order valence-corrected chi connectivity index (χ1v) is 5.88. The van der Waals surface area contributed by atoms with Crippen molar-refractivity contribution < 1.29 is 9.90 Å². The van der Waals surface area contributed by atoms with E-state index in [1.54, 1.807) is 0 Å². The van der Waals surface area contributed by atoms with Crippen LogP contribution < -0.4 is 0 Å². The summed E-state index contributed by atoms with van der Waals surface area (Å²) in [5, 5.41) is 9.29. The van der Waals surface area contributed by atoms with E-state index >= 15 is 0 Å². The van der Waals surface area contributed by atoms with E-state index in [9.17, 15) is 9.90 Å². The highest BCUT2D eigenvalue weighted by molar-refractivity contribution is 9.10. The van der Waals surface area contributed by atoms with E-state index in [4.69, 9.17) is 0 Å². The van der Waals surface area contributed by atoms with E-state index < -0.39 is 5.41 Å². The van der Waals surface area contributed by atoms with Crippen LogP contribution in [0.3, 0.4) is 0 Å². The molecule has 1 aliphatic carbocycles. The molecule has 3 heteroatoms. The summed E-state index contributed by atoms with van der Waals surface area (Å²) in [6.07, 6.45) is 2.68. The number of carbonyl (C=O) groups is 1.